The van der Waals surface area contributed by atoms with Crippen LogP contribution in [0.5, 0.6) is 0 Å². The summed E-state index contributed by atoms with van der Waals surface area (Å²) in [6.45, 7) is 2.20. The molecule has 2 heterocycles. The first-order chi connectivity index (χ1) is 12.3. The fourth-order valence-electron chi connectivity index (χ4n) is 3.65. The number of aliphatic imine (C=N–C) groups is 1. The number of H-pyrrole nitrogens is 1. The number of guanidine groups is 1. The van der Waals surface area contributed by atoms with Crippen molar-refractivity contribution in [2.45, 2.75) is 25.4 Å². The van der Waals surface area contributed by atoms with Crippen molar-refractivity contribution in [3.63, 3.8) is 0 Å². The van der Waals surface area contributed by atoms with Crippen LogP contribution >= 0.6 is 11.6 Å². The third kappa shape index (κ3) is 2.21. The lowest BCUT2D eigenvalue weighted by atomic mass is 9.92. The van der Waals surface area contributed by atoms with Crippen molar-refractivity contribution in [2.24, 2.45) is 16.1 Å². The number of nitrogens with one attached hydrogen (secondary N) is 2. The summed E-state index contributed by atoms with van der Waals surface area (Å²) in [7, 11) is 1.58. The Morgan fingerprint density at radius 2 is 2.27 bits per heavy atom. The molecule has 1 aromatic carbocycles. The Kier molecular flexibility index (Phi) is 3.52. The summed E-state index contributed by atoms with van der Waals surface area (Å²) >= 11 is 6.01. The highest BCUT2D eigenvalue weighted by Gasteiger charge is 2.74. The van der Waals surface area contributed by atoms with Crippen molar-refractivity contribution in [3.05, 3.63) is 46.5 Å². The number of aromatic amines is 1. The van der Waals surface area contributed by atoms with Crippen LogP contribution in [0.1, 0.15) is 24.6 Å². The molecule has 1 fully saturated rings. The first-order valence-corrected chi connectivity index (χ1v) is 8.51. The number of aromatic nitrogens is 2. The molecule has 0 radical (unpaired) electrons. The molecule has 0 spiro atoms. The smallest absolute Gasteiger partial charge is 0.237 e. The lowest BCUT2D eigenvalue weighted by molar-refractivity contribution is -0.132. The third-order valence-corrected chi connectivity index (χ3v) is 5.70. The number of fused-ring (bicyclic) bond motifs is 1. The molecule has 1 aromatic heterocycles. The van der Waals surface area contributed by atoms with E-state index >= 15 is 0 Å². The number of amides is 1. The van der Waals surface area contributed by atoms with Crippen molar-refractivity contribution in [1.82, 2.24) is 15.1 Å². The number of nitrogens with two attached hydrogens (primary N) is 1. The van der Waals surface area contributed by atoms with Gasteiger partial charge in [-0.15, -0.1) is 0 Å². The fourth-order valence-corrected chi connectivity index (χ4v) is 3.80. The van der Waals surface area contributed by atoms with Crippen LogP contribution in [0.25, 0.3) is 0 Å². The molecule has 2 aromatic rings. The van der Waals surface area contributed by atoms with Crippen LogP contribution in [0.3, 0.4) is 0 Å². The van der Waals surface area contributed by atoms with E-state index in [0.717, 1.165) is 5.69 Å². The van der Waals surface area contributed by atoms with Crippen molar-refractivity contribution in [3.8, 4) is 0 Å². The lowest BCUT2D eigenvalue weighted by Gasteiger charge is -2.30. The Morgan fingerprint density at radius 3 is 2.96 bits per heavy atom. The van der Waals surface area contributed by atoms with Crippen LogP contribution in [0.4, 0.5) is 10.1 Å². The van der Waals surface area contributed by atoms with Gasteiger partial charge in [0, 0.05) is 18.3 Å². The molecule has 4 rings (SSSR count). The number of benzene rings is 1. The second kappa shape index (κ2) is 5.44. The molecule has 1 saturated carbocycles. The average molecular weight is 377 g/mol. The van der Waals surface area contributed by atoms with Crippen molar-refractivity contribution in [1.29, 1.82) is 0 Å². The van der Waals surface area contributed by atoms with Gasteiger partial charge in [0.25, 0.3) is 0 Å². The first-order valence-electron chi connectivity index (χ1n) is 8.14. The van der Waals surface area contributed by atoms with E-state index in [2.05, 4.69) is 20.5 Å². The predicted molar refractivity (Wildman–Crippen MR) is 96.1 cm³/mol. The third-order valence-electron chi connectivity index (χ3n) is 5.37. The molecule has 9 heteroatoms. The van der Waals surface area contributed by atoms with E-state index in [4.69, 9.17) is 17.3 Å². The summed E-state index contributed by atoms with van der Waals surface area (Å²) in [6, 6.07) is 4.68. The van der Waals surface area contributed by atoms with Crippen LogP contribution in [0.15, 0.2) is 29.4 Å². The van der Waals surface area contributed by atoms with Gasteiger partial charge < -0.3 is 11.1 Å². The summed E-state index contributed by atoms with van der Waals surface area (Å²) in [4.78, 5) is 18.4. The Balaban J connectivity index is 1.68. The summed E-state index contributed by atoms with van der Waals surface area (Å²) in [5.41, 5.74) is 5.94. The Labute approximate surface area is 154 Å². The predicted octanol–water partition coefficient (Wildman–Crippen LogP) is 2.21. The van der Waals surface area contributed by atoms with Gasteiger partial charge in [0.05, 0.1) is 28.9 Å². The Bertz CT molecular complexity index is 943. The second-order valence-electron chi connectivity index (χ2n) is 6.95. The molecule has 1 aliphatic carbocycles. The Hall–Kier alpha value is -2.61. The molecule has 1 amide bonds. The number of carbonyl (C=O) groups excluding carboxylic acids is 1. The van der Waals surface area contributed by atoms with Crippen LogP contribution in [0, 0.1) is 11.2 Å². The van der Waals surface area contributed by atoms with Crippen LogP contribution in [-0.4, -0.2) is 34.0 Å². The van der Waals surface area contributed by atoms with Gasteiger partial charge in [-0.3, -0.25) is 14.8 Å². The number of rotatable bonds is 4. The summed E-state index contributed by atoms with van der Waals surface area (Å²) in [5.74, 6) is -0.452. The molecule has 2 atom stereocenters. The fraction of sp³-hybridized carbons (Fsp3) is 0.353. The molecule has 136 valence electrons. The zero-order valence-electron chi connectivity index (χ0n) is 14.3. The number of hydrogen-bond acceptors (Lipinski definition) is 5. The van der Waals surface area contributed by atoms with Crippen molar-refractivity contribution in [2.75, 3.05) is 12.4 Å². The lowest BCUT2D eigenvalue weighted by Crippen LogP contribution is -2.48. The van der Waals surface area contributed by atoms with Gasteiger partial charge in [-0.05, 0) is 31.5 Å². The highest BCUT2D eigenvalue weighted by molar-refractivity contribution is 6.31. The molecule has 4 N–H and O–H groups in total. The maximum atomic E-state index is 14.6. The average Bonchev–Trinajstić information content (AvgIpc) is 3.02. The van der Waals surface area contributed by atoms with Crippen LogP contribution in [0.2, 0.25) is 5.02 Å². The van der Waals surface area contributed by atoms with E-state index in [1.54, 1.807) is 26.1 Å². The topological polar surface area (TPSA) is 99.4 Å². The molecule has 1 aliphatic heterocycles. The van der Waals surface area contributed by atoms with E-state index < -0.39 is 16.8 Å². The zero-order chi connectivity index (χ0) is 18.7. The van der Waals surface area contributed by atoms with E-state index in [9.17, 15) is 9.18 Å². The zero-order valence-corrected chi connectivity index (χ0v) is 15.1. The van der Waals surface area contributed by atoms with Crippen molar-refractivity contribution < 1.29 is 9.18 Å². The van der Waals surface area contributed by atoms with Crippen molar-refractivity contribution >= 4 is 29.2 Å². The molecular weight excluding hydrogens is 359 g/mol. The van der Waals surface area contributed by atoms with Gasteiger partial charge in [0.15, 0.2) is 5.96 Å². The van der Waals surface area contributed by atoms with Gasteiger partial charge >= 0.3 is 0 Å². The number of carbonyl (C=O) groups is 1. The highest BCUT2D eigenvalue weighted by atomic mass is 35.5. The largest absolute Gasteiger partial charge is 0.379 e. The molecule has 0 bridgehead atoms. The number of anilines is 1. The van der Waals surface area contributed by atoms with Gasteiger partial charge in [0.2, 0.25) is 5.91 Å². The minimum Gasteiger partial charge on any atom is -0.379 e. The maximum Gasteiger partial charge on any atom is 0.237 e. The molecular formula is C17H18ClFN6O. The first kappa shape index (κ1) is 16.8. The summed E-state index contributed by atoms with van der Waals surface area (Å²) in [5, 5.41) is 10.4. The second-order valence-corrected chi connectivity index (χ2v) is 7.36. The summed E-state index contributed by atoms with van der Waals surface area (Å²) in [6.07, 6.45) is 1.95. The number of halogens is 2. The number of nitrogens with zero attached hydrogens (tertiary/aromatic N) is 3. The normalized spacial score (nSPS) is 27.2. The Morgan fingerprint density at radius 1 is 1.50 bits per heavy atom. The highest BCUT2D eigenvalue weighted by Crippen LogP contribution is 2.68. The minimum absolute atomic E-state index is 0.104. The molecule has 26 heavy (non-hydrogen) atoms. The van der Waals surface area contributed by atoms with E-state index in [1.165, 1.54) is 17.2 Å². The van der Waals surface area contributed by atoms with E-state index in [1.807, 2.05) is 0 Å². The van der Waals surface area contributed by atoms with E-state index in [-0.39, 0.29) is 11.9 Å². The monoisotopic (exact) mass is 376 g/mol. The maximum absolute atomic E-state index is 14.6. The van der Waals surface area contributed by atoms with Gasteiger partial charge in [0.1, 0.15) is 11.4 Å². The quantitative estimate of drug-likeness (QED) is 0.761. The molecule has 7 nitrogen and oxygen atoms in total. The molecule has 2 aliphatic rings. The SMILES string of the molecule is CN1C(=O)C2(C)C[C@]2(c2cc(NCc3[nH]ncc3Cl)ccc2F)N=C1N. The van der Waals surface area contributed by atoms with Gasteiger partial charge in [-0.2, -0.15) is 5.10 Å². The van der Waals surface area contributed by atoms with Crippen LogP contribution < -0.4 is 11.1 Å². The summed E-state index contributed by atoms with van der Waals surface area (Å²) < 4.78 is 14.6. The van der Waals surface area contributed by atoms with Gasteiger partial charge in [-0.25, -0.2) is 9.38 Å². The standard InChI is InChI=1S/C17H18ClFN6O/c1-16-8-17(16,23-15(20)25(2)14(16)26)10-5-9(3-4-12(10)19)21-7-13-11(18)6-22-24-13/h3-6,21H,7-8H2,1-2H3,(H2,20,23)(H,22,24)/t16?,17-/m1/s1. The molecule has 1 unspecified atom stereocenters. The number of hydrogen-bond donors (Lipinski definition) is 3. The van der Waals surface area contributed by atoms with Crippen LogP contribution in [-0.2, 0) is 16.9 Å². The molecule has 0 saturated heterocycles. The van der Waals surface area contributed by atoms with E-state index in [0.29, 0.717) is 29.2 Å². The van der Waals surface area contributed by atoms with Gasteiger partial charge in [-0.1, -0.05) is 11.6 Å². The minimum atomic E-state index is -0.950.